The zero-order valence-corrected chi connectivity index (χ0v) is 5.60. The molecule has 0 radical (unpaired) electrons. The van der Waals surface area contributed by atoms with E-state index in [0.717, 1.165) is 6.42 Å². The molecule has 1 saturated carbocycles. The molecule has 0 unspecified atom stereocenters. The molecular formula is C6H12O4. The monoisotopic (exact) mass is 148 g/mol. The third kappa shape index (κ3) is 1.46. The topological polar surface area (TPSA) is 69.9 Å². The van der Waals surface area contributed by atoms with Gasteiger partial charge in [0.1, 0.15) is 12.2 Å². The first-order valence-corrected chi connectivity index (χ1v) is 3.42. The first-order valence-electron chi connectivity index (χ1n) is 3.42. The van der Waals surface area contributed by atoms with Crippen LogP contribution in [0, 0.1) is 0 Å². The SMILES string of the molecule is OO[C@@H]1CCC[C@@H](O)[C@H]1O. The Balaban J connectivity index is 2.42. The Morgan fingerprint density at radius 2 is 1.90 bits per heavy atom. The van der Waals surface area contributed by atoms with Crippen molar-refractivity contribution < 1.29 is 20.4 Å². The summed E-state index contributed by atoms with van der Waals surface area (Å²) in [4.78, 5) is 3.96. The van der Waals surface area contributed by atoms with Gasteiger partial charge >= 0.3 is 0 Å². The number of aliphatic hydroxyl groups is 2. The molecule has 3 atom stereocenters. The molecule has 0 amide bonds. The van der Waals surface area contributed by atoms with E-state index in [-0.39, 0.29) is 0 Å². The van der Waals surface area contributed by atoms with Crippen LogP contribution in [0.4, 0.5) is 0 Å². The lowest BCUT2D eigenvalue weighted by molar-refractivity contribution is -0.309. The molecule has 0 aromatic heterocycles. The fraction of sp³-hybridized carbons (Fsp3) is 1.00. The maximum absolute atomic E-state index is 9.10. The van der Waals surface area contributed by atoms with Gasteiger partial charge in [-0.05, 0) is 19.3 Å². The van der Waals surface area contributed by atoms with Crippen LogP contribution in [-0.4, -0.2) is 33.8 Å². The Hall–Kier alpha value is -0.160. The van der Waals surface area contributed by atoms with Crippen LogP contribution in [0.3, 0.4) is 0 Å². The molecule has 4 heteroatoms. The smallest absolute Gasteiger partial charge is 0.121 e. The standard InChI is InChI=1S/C6H12O4/c7-4-2-1-3-5(10-9)6(4)8/h4-9H,1-3H2/t4-,5-,6-/m1/s1. The summed E-state index contributed by atoms with van der Waals surface area (Å²) in [6, 6.07) is 0. The molecule has 0 saturated heterocycles. The largest absolute Gasteiger partial charge is 0.390 e. The second-order valence-corrected chi connectivity index (χ2v) is 2.63. The van der Waals surface area contributed by atoms with Gasteiger partial charge in [0.15, 0.2) is 0 Å². The summed E-state index contributed by atoms with van der Waals surface area (Å²) in [5.41, 5.74) is 0. The minimum absolute atomic E-state index is 0.584. The van der Waals surface area contributed by atoms with E-state index in [0.29, 0.717) is 12.8 Å². The van der Waals surface area contributed by atoms with Gasteiger partial charge in [0.25, 0.3) is 0 Å². The van der Waals surface area contributed by atoms with Gasteiger partial charge in [-0.25, -0.2) is 4.89 Å². The average Bonchev–Trinajstić information content (AvgIpc) is 1.95. The van der Waals surface area contributed by atoms with Crippen molar-refractivity contribution in [2.45, 2.75) is 37.6 Å². The van der Waals surface area contributed by atoms with E-state index in [4.69, 9.17) is 15.5 Å². The van der Waals surface area contributed by atoms with Gasteiger partial charge in [0.2, 0.25) is 0 Å². The maximum Gasteiger partial charge on any atom is 0.121 e. The number of hydrogen-bond acceptors (Lipinski definition) is 4. The molecule has 4 nitrogen and oxygen atoms in total. The molecule has 0 aromatic carbocycles. The van der Waals surface area contributed by atoms with E-state index in [1.807, 2.05) is 0 Å². The summed E-state index contributed by atoms with van der Waals surface area (Å²) in [5.74, 6) is 0. The molecule has 0 spiro atoms. The fourth-order valence-electron chi connectivity index (χ4n) is 1.23. The Bertz CT molecular complexity index is 106. The zero-order chi connectivity index (χ0) is 7.56. The third-order valence-corrected chi connectivity index (χ3v) is 1.90. The molecule has 1 aliphatic carbocycles. The van der Waals surface area contributed by atoms with Gasteiger partial charge in [-0.1, -0.05) is 0 Å². The molecule has 10 heavy (non-hydrogen) atoms. The van der Waals surface area contributed by atoms with E-state index >= 15 is 0 Å². The third-order valence-electron chi connectivity index (χ3n) is 1.90. The van der Waals surface area contributed by atoms with Crippen LogP contribution in [-0.2, 0) is 4.89 Å². The van der Waals surface area contributed by atoms with Crippen molar-refractivity contribution in [2.75, 3.05) is 0 Å². The van der Waals surface area contributed by atoms with E-state index < -0.39 is 18.3 Å². The lowest BCUT2D eigenvalue weighted by Gasteiger charge is -2.28. The van der Waals surface area contributed by atoms with Crippen LogP contribution in [0.15, 0.2) is 0 Å². The van der Waals surface area contributed by atoms with Crippen molar-refractivity contribution in [3.63, 3.8) is 0 Å². The van der Waals surface area contributed by atoms with Gasteiger partial charge in [0.05, 0.1) is 6.10 Å². The second-order valence-electron chi connectivity index (χ2n) is 2.63. The van der Waals surface area contributed by atoms with E-state index in [9.17, 15) is 0 Å². The van der Waals surface area contributed by atoms with Crippen LogP contribution in [0.25, 0.3) is 0 Å². The van der Waals surface area contributed by atoms with Crippen LogP contribution < -0.4 is 0 Å². The Morgan fingerprint density at radius 3 is 2.40 bits per heavy atom. The number of aliphatic hydroxyl groups excluding tert-OH is 2. The second kappa shape index (κ2) is 3.30. The molecule has 1 rings (SSSR count). The minimum atomic E-state index is -0.932. The Kier molecular flexibility index (Phi) is 2.62. The van der Waals surface area contributed by atoms with Gasteiger partial charge in [-0.2, -0.15) is 0 Å². The number of hydrogen-bond donors (Lipinski definition) is 3. The summed E-state index contributed by atoms with van der Waals surface area (Å²) in [5, 5.41) is 26.3. The summed E-state index contributed by atoms with van der Waals surface area (Å²) >= 11 is 0. The summed E-state index contributed by atoms with van der Waals surface area (Å²) in [6.45, 7) is 0. The van der Waals surface area contributed by atoms with Crippen LogP contribution in [0.5, 0.6) is 0 Å². The molecule has 3 N–H and O–H groups in total. The molecular weight excluding hydrogens is 136 g/mol. The maximum atomic E-state index is 9.10. The molecule has 0 heterocycles. The lowest BCUT2D eigenvalue weighted by atomic mass is 9.92. The van der Waals surface area contributed by atoms with Gasteiger partial charge in [-0.15, -0.1) is 0 Å². The fourth-order valence-corrected chi connectivity index (χ4v) is 1.23. The highest BCUT2D eigenvalue weighted by molar-refractivity contribution is 4.81. The lowest BCUT2D eigenvalue weighted by Crippen LogP contribution is -2.42. The first kappa shape index (κ1) is 7.94. The predicted molar refractivity (Wildman–Crippen MR) is 33.4 cm³/mol. The van der Waals surface area contributed by atoms with Gasteiger partial charge < -0.3 is 10.2 Å². The van der Waals surface area contributed by atoms with Gasteiger partial charge in [-0.3, -0.25) is 5.26 Å². The summed E-state index contributed by atoms with van der Waals surface area (Å²) < 4.78 is 0. The van der Waals surface area contributed by atoms with E-state index in [1.54, 1.807) is 0 Å². The molecule has 0 aliphatic heterocycles. The average molecular weight is 148 g/mol. The van der Waals surface area contributed by atoms with Crippen molar-refractivity contribution in [1.82, 2.24) is 0 Å². The van der Waals surface area contributed by atoms with Crippen LogP contribution in [0.2, 0.25) is 0 Å². The van der Waals surface area contributed by atoms with E-state index in [2.05, 4.69) is 4.89 Å². The highest BCUT2D eigenvalue weighted by Gasteiger charge is 2.31. The van der Waals surface area contributed by atoms with Crippen molar-refractivity contribution >= 4 is 0 Å². The van der Waals surface area contributed by atoms with Crippen molar-refractivity contribution in [3.8, 4) is 0 Å². The van der Waals surface area contributed by atoms with E-state index in [1.165, 1.54) is 0 Å². The molecule has 60 valence electrons. The molecule has 0 bridgehead atoms. The van der Waals surface area contributed by atoms with Crippen molar-refractivity contribution in [2.24, 2.45) is 0 Å². The minimum Gasteiger partial charge on any atom is -0.390 e. The quantitative estimate of drug-likeness (QED) is 0.354. The number of rotatable bonds is 1. The normalized spacial score (nSPS) is 41.7. The van der Waals surface area contributed by atoms with Crippen LogP contribution in [0.1, 0.15) is 19.3 Å². The highest BCUT2D eigenvalue weighted by atomic mass is 17.1. The Labute approximate surface area is 59.0 Å². The van der Waals surface area contributed by atoms with Gasteiger partial charge in [0, 0.05) is 0 Å². The summed E-state index contributed by atoms with van der Waals surface area (Å²) in [6.07, 6.45) is -0.312. The van der Waals surface area contributed by atoms with Crippen molar-refractivity contribution in [3.05, 3.63) is 0 Å². The first-order chi connectivity index (χ1) is 4.75. The molecule has 0 aromatic rings. The Morgan fingerprint density at radius 1 is 1.20 bits per heavy atom. The van der Waals surface area contributed by atoms with Crippen LogP contribution >= 0.6 is 0 Å². The highest BCUT2D eigenvalue weighted by Crippen LogP contribution is 2.20. The predicted octanol–water partition coefficient (Wildman–Crippen LogP) is -0.250. The molecule has 1 aliphatic rings. The van der Waals surface area contributed by atoms with Crippen molar-refractivity contribution in [1.29, 1.82) is 0 Å². The summed E-state index contributed by atoms with van der Waals surface area (Å²) in [7, 11) is 0. The molecule has 1 fully saturated rings. The zero-order valence-electron chi connectivity index (χ0n) is 5.60.